The molecule has 5 nitrogen and oxygen atoms in total. The fourth-order valence-corrected chi connectivity index (χ4v) is 1.97. The fraction of sp³-hybridized carbons (Fsp3) is 0.167. The highest BCUT2D eigenvalue weighted by Gasteiger charge is 2.05. The van der Waals surface area contributed by atoms with E-state index >= 15 is 0 Å². The van der Waals surface area contributed by atoms with Gasteiger partial charge in [-0.3, -0.25) is 13.9 Å². The number of halogens is 1. The zero-order chi connectivity index (χ0) is 13.3. The van der Waals surface area contributed by atoms with Gasteiger partial charge in [0.15, 0.2) is 0 Å². The van der Waals surface area contributed by atoms with Gasteiger partial charge in [0, 0.05) is 30.3 Å². The van der Waals surface area contributed by atoms with Crippen molar-refractivity contribution >= 4 is 27.4 Å². The summed E-state index contributed by atoms with van der Waals surface area (Å²) >= 11 is 3.36. The van der Waals surface area contributed by atoms with Crippen LogP contribution in [0.3, 0.4) is 0 Å². The molecule has 0 saturated heterocycles. The van der Waals surface area contributed by atoms with Crippen molar-refractivity contribution in [2.45, 2.75) is 0 Å². The van der Waals surface area contributed by atoms with E-state index in [2.05, 4.69) is 21.2 Å². The summed E-state index contributed by atoms with van der Waals surface area (Å²) in [7, 11) is 3.07. The van der Waals surface area contributed by atoms with Crippen LogP contribution in [0.4, 0.5) is 11.5 Å². The second kappa shape index (κ2) is 4.81. The Morgan fingerprint density at radius 3 is 2.50 bits per heavy atom. The van der Waals surface area contributed by atoms with Gasteiger partial charge in [0.25, 0.3) is 5.56 Å². The topological polar surface area (TPSA) is 56.0 Å². The molecule has 1 heterocycles. The van der Waals surface area contributed by atoms with Gasteiger partial charge < -0.3 is 5.32 Å². The van der Waals surface area contributed by atoms with E-state index < -0.39 is 0 Å². The van der Waals surface area contributed by atoms with E-state index in [4.69, 9.17) is 0 Å². The molecule has 18 heavy (non-hydrogen) atoms. The minimum atomic E-state index is -0.361. The molecule has 1 aromatic carbocycles. The van der Waals surface area contributed by atoms with E-state index in [-0.39, 0.29) is 11.2 Å². The molecule has 1 N–H and O–H groups in total. The number of benzene rings is 1. The number of aromatic nitrogens is 2. The lowest BCUT2D eigenvalue weighted by Gasteiger charge is -2.11. The van der Waals surface area contributed by atoms with Gasteiger partial charge in [-0.25, -0.2) is 4.79 Å². The maximum atomic E-state index is 11.7. The van der Waals surface area contributed by atoms with E-state index in [9.17, 15) is 9.59 Å². The van der Waals surface area contributed by atoms with Crippen molar-refractivity contribution in [1.29, 1.82) is 0 Å². The molecule has 0 aliphatic heterocycles. The summed E-state index contributed by atoms with van der Waals surface area (Å²) in [5, 5.41) is 3.04. The summed E-state index contributed by atoms with van der Waals surface area (Å²) in [4.78, 5) is 23.3. The average Bonchev–Trinajstić information content (AvgIpc) is 2.33. The fourth-order valence-electron chi connectivity index (χ4n) is 1.57. The Kier molecular flexibility index (Phi) is 3.38. The third kappa shape index (κ3) is 2.38. The Morgan fingerprint density at radius 2 is 1.83 bits per heavy atom. The second-order valence-electron chi connectivity index (χ2n) is 3.90. The Hall–Kier alpha value is -1.82. The van der Waals surface area contributed by atoms with Crippen LogP contribution in [0.2, 0.25) is 0 Å². The molecule has 0 amide bonds. The van der Waals surface area contributed by atoms with E-state index in [0.717, 1.165) is 14.7 Å². The molecular weight excluding hydrogens is 298 g/mol. The smallest absolute Gasteiger partial charge is 0.332 e. The molecule has 0 radical (unpaired) electrons. The quantitative estimate of drug-likeness (QED) is 0.916. The minimum Gasteiger partial charge on any atom is -0.341 e. The van der Waals surface area contributed by atoms with Crippen molar-refractivity contribution < 1.29 is 0 Å². The molecule has 2 rings (SSSR count). The summed E-state index contributed by atoms with van der Waals surface area (Å²) in [6.45, 7) is 0. The molecule has 1 aromatic heterocycles. The maximum absolute atomic E-state index is 11.7. The number of hydrogen-bond donors (Lipinski definition) is 1. The normalized spacial score (nSPS) is 10.4. The first-order valence-electron chi connectivity index (χ1n) is 5.28. The maximum Gasteiger partial charge on any atom is 0.332 e. The van der Waals surface area contributed by atoms with Gasteiger partial charge in [0.1, 0.15) is 5.82 Å². The molecule has 0 bridgehead atoms. The van der Waals surface area contributed by atoms with Crippen LogP contribution in [0.25, 0.3) is 0 Å². The summed E-state index contributed by atoms with van der Waals surface area (Å²) in [6.07, 6.45) is 0. The molecule has 0 fully saturated rings. The predicted molar refractivity (Wildman–Crippen MR) is 74.3 cm³/mol. The van der Waals surface area contributed by atoms with Crippen LogP contribution in [0.15, 0.2) is 44.4 Å². The van der Waals surface area contributed by atoms with Crippen molar-refractivity contribution in [1.82, 2.24) is 9.13 Å². The molecular formula is C12H12BrN3O2. The first-order chi connectivity index (χ1) is 8.49. The monoisotopic (exact) mass is 309 g/mol. The lowest BCUT2D eigenvalue weighted by molar-refractivity contribution is 0.693. The number of anilines is 2. The van der Waals surface area contributed by atoms with Crippen molar-refractivity contribution in [3.63, 3.8) is 0 Å². The Labute approximate surface area is 112 Å². The van der Waals surface area contributed by atoms with Crippen molar-refractivity contribution in [2.75, 3.05) is 5.32 Å². The molecule has 2 aromatic rings. The third-order valence-corrected chi connectivity index (χ3v) is 3.12. The first kappa shape index (κ1) is 12.6. The lowest BCUT2D eigenvalue weighted by atomic mass is 10.3. The first-order valence-corrected chi connectivity index (χ1v) is 6.08. The summed E-state index contributed by atoms with van der Waals surface area (Å²) in [5.74, 6) is 0.459. The van der Waals surface area contributed by atoms with Crippen LogP contribution in [-0.4, -0.2) is 9.13 Å². The van der Waals surface area contributed by atoms with Gasteiger partial charge in [0.05, 0.1) is 0 Å². The highest BCUT2D eigenvalue weighted by Crippen LogP contribution is 2.18. The SMILES string of the molecule is Cn1c(Nc2cccc(Br)c2)cc(=O)n(C)c1=O. The van der Waals surface area contributed by atoms with Crippen molar-refractivity contribution in [3.05, 3.63) is 55.6 Å². The third-order valence-electron chi connectivity index (χ3n) is 2.62. The number of hydrogen-bond acceptors (Lipinski definition) is 3. The van der Waals surface area contributed by atoms with Gasteiger partial charge >= 0.3 is 5.69 Å². The Balaban J connectivity index is 2.48. The number of nitrogens with one attached hydrogen (secondary N) is 1. The summed E-state index contributed by atoms with van der Waals surface area (Å²) < 4.78 is 3.37. The predicted octanol–water partition coefficient (Wildman–Crippen LogP) is 1.59. The average molecular weight is 310 g/mol. The van der Waals surface area contributed by atoms with Crippen molar-refractivity contribution in [2.24, 2.45) is 14.1 Å². The molecule has 0 atom stereocenters. The number of rotatable bonds is 2. The van der Waals surface area contributed by atoms with E-state index in [1.807, 2.05) is 24.3 Å². The Morgan fingerprint density at radius 1 is 1.11 bits per heavy atom. The minimum absolute atomic E-state index is 0.337. The molecule has 6 heteroatoms. The second-order valence-corrected chi connectivity index (χ2v) is 4.82. The van der Waals surface area contributed by atoms with Gasteiger partial charge in [-0.1, -0.05) is 22.0 Å². The van der Waals surface area contributed by atoms with Crippen LogP contribution in [0, 0.1) is 0 Å². The van der Waals surface area contributed by atoms with Crippen LogP contribution < -0.4 is 16.6 Å². The van der Waals surface area contributed by atoms with Gasteiger partial charge in [-0.2, -0.15) is 0 Å². The highest BCUT2D eigenvalue weighted by molar-refractivity contribution is 9.10. The highest BCUT2D eigenvalue weighted by atomic mass is 79.9. The molecule has 0 aliphatic rings. The number of nitrogens with zero attached hydrogens (tertiary/aromatic N) is 2. The molecule has 0 unspecified atom stereocenters. The van der Waals surface area contributed by atoms with Gasteiger partial charge in [-0.05, 0) is 18.2 Å². The van der Waals surface area contributed by atoms with Crippen LogP contribution in [-0.2, 0) is 14.1 Å². The zero-order valence-electron chi connectivity index (χ0n) is 9.98. The molecule has 0 spiro atoms. The Bertz CT molecular complexity index is 703. The molecule has 94 valence electrons. The lowest BCUT2D eigenvalue weighted by Crippen LogP contribution is -2.37. The van der Waals surface area contributed by atoms with E-state index in [1.54, 1.807) is 7.05 Å². The summed E-state index contributed by atoms with van der Waals surface area (Å²) in [5.41, 5.74) is 0.100. The van der Waals surface area contributed by atoms with Gasteiger partial charge in [0.2, 0.25) is 0 Å². The van der Waals surface area contributed by atoms with Crippen LogP contribution >= 0.6 is 15.9 Å². The van der Waals surface area contributed by atoms with E-state index in [1.165, 1.54) is 17.7 Å². The molecule has 0 saturated carbocycles. The standard InChI is InChI=1S/C12H12BrN3O2/c1-15-10(7-11(17)16(2)12(15)18)14-9-5-3-4-8(13)6-9/h3-7,14H,1-2H3. The van der Waals surface area contributed by atoms with E-state index in [0.29, 0.717) is 5.82 Å². The molecule has 0 aliphatic carbocycles. The van der Waals surface area contributed by atoms with Crippen molar-refractivity contribution in [3.8, 4) is 0 Å². The summed E-state index contributed by atoms with van der Waals surface area (Å²) in [6, 6.07) is 8.87. The van der Waals surface area contributed by atoms with Crippen LogP contribution in [0.5, 0.6) is 0 Å². The van der Waals surface area contributed by atoms with Crippen LogP contribution in [0.1, 0.15) is 0 Å². The zero-order valence-corrected chi connectivity index (χ0v) is 11.6. The van der Waals surface area contributed by atoms with Gasteiger partial charge in [-0.15, -0.1) is 0 Å². The largest absolute Gasteiger partial charge is 0.341 e.